The molecule has 2 fully saturated rings. The van der Waals surface area contributed by atoms with Crippen molar-refractivity contribution in [2.24, 2.45) is 11.8 Å². The highest BCUT2D eigenvalue weighted by Gasteiger charge is 2.49. The van der Waals surface area contributed by atoms with E-state index in [1.54, 1.807) is 0 Å². The Morgan fingerprint density at radius 2 is 2.12 bits per heavy atom. The number of likely N-dealkylation sites (tertiary alicyclic amines) is 1. The Morgan fingerprint density at radius 1 is 1.38 bits per heavy atom. The van der Waals surface area contributed by atoms with Crippen LogP contribution in [0.25, 0.3) is 0 Å². The fourth-order valence-corrected chi connectivity index (χ4v) is 4.18. The van der Waals surface area contributed by atoms with Gasteiger partial charge in [-0.25, -0.2) is 4.79 Å². The Bertz CT molecular complexity index is 708. The molecule has 3 atom stereocenters. The minimum absolute atomic E-state index is 0.0267. The second-order valence-corrected chi connectivity index (χ2v) is 6.80. The third-order valence-electron chi connectivity index (χ3n) is 5.05. The molecule has 1 saturated carbocycles. The lowest BCUT2D eigenvalue weighted by atomic mass is 9.94. The fourth-order valence-electron chi connectivity index (χ4n) is 3.94. The van der Waals surface area contributed by atoms with Crippen molar-refractivity contribution in [3.63, 3.8) is 0 Å². The Kier molecular flexibility index (Phi) is 4.45. The number of amides is 1. The second kappa shape index (κ2) is 6.39. The van der Waals surface area contributed by atoms with E-state index in [0.717, 1.165) is 19.3 Å². The number of carbonyl (C=O) groups excluding carboxylic acids is 1. The number of fused-ring (bicyclic) bond motifs is 1. The van der Waals surface area contributed by atoms with E-state index in [0.29, 0.717) is 12.1 Å². The lowest BCUT2D eigenvalue weighted by Gasteiger charge is -2.24. The lowest BCUT2D eigenvalue weighted by molar-refractivity contribution is -0.384. The summed E-state index contributed by atoms with van der Waals surface area (Å²) in [7, 11) is 0. The minimum atomic E-state index is -0.965. The molecule has 1 aliphatic heterocycles. The van der Waals surface area contributed by atoms with Gasteiger partial charge in [0.1, 0.15) is 6.04 Å². The standard InChI is InChI=1S/C16H17ClN2O5/c17-13-7-11(19(23)24)5-4-9(13)6-14(20)18-8-10-2-1-3-12(10)15(18)16(21)22/h4-5,7,10,12,15H,1-3,6,8H2,(H,21,22). The maximum atomic E-state index is 12.6. The summed E-state index contributed by atoms with van der Waals surface area (Å²) in [4.78, 5) is 35.8. The quantitative estimate of drug-likeness (QED) is 0.662. The number of carboxylic acids is 1. The van der Waals surface area contributed by atoms with Gasteiger partial charge in [0.15, 0.2) is 0 Å². The van der Waals surface area contributed by atoms with Crippen molar-refractivity contribution in [2.45, 2.75) is 31.7 Å². The van der Waals surface area contributed by atoms with Crippen LogP contribution in [0.5, 0.6) is 0 Å². The number of benzene rings is 1. The first kappa shape index (κ1) is 16.7. The first-order valence-electron chi connectivity index (χ1n) is 7.83. The molecular formula is C16H17ClN2O5. The monoisotopic (exact) mass is 352 g/mol. The van der Waals surface area contributed by atoms with Gasteiger partial charge in [-0.05, 0) is 30.2 Å². The van der Waals surface area contributed by atoms with Gasteiger partial charge in [0.05, 0.1) is 16.4 Å². The van der Waals surface area contributed by atoms with Gasteiger partial charge in [0, 0.05) is 18.7 Å². The van der Waals surface area contributed by atoms with E-state index in [2.05, 4.69) is 0 Å². The van der Waals surface area contributed by atoms with Gasteiger partial charge in [-0.15, -0.1) is 0 Å². The predicted molar refractivity (Wildman–Crippen MR) is 85.8 cm³/mol. The van der Waals surface area contributed by atoms with E-state index in [4.69, 9.17) is 11.6 Å². The maximum absolute atomic E-state index is 12.6. The normalized spacial score (nSPS) is 25.5. The average Bonchev–Trinajstić information content (AvgIpc) is 3.08. The highest BCUT2D eigenvalue weighted by Crippen LogP contribution is 2.42. The molecule has 8 heteroatoms. The molecular weight excluding hydrogens is 336 g/mol. The number of rotatable bonds is 4. The number of halogens is 1. The van der Waals surface area contributed by atoms with Gasteiger partial charge in [-0.3, -0.25) is 14.9 Å². The Hall–Kier alpha value is -2.15. The fraction of sp³-hybridized carbons (Fsp3) is 0.500. The van der Waals surface area contributed by atoms with Crippen molar-refractivity contribution in [1.29, 1.82) is 0 Å². The van der Waals surface area contributed by atoms with Crippen LogP contribution in [0.1, 0.15) is 24.8 Å². The molecule has 1 aliphatic carbocycles. The molecule has 1 aromatic rings. The van der Waals surface area contributed by atoms with Gasteiger partial charge >= 0.3 is 5.97 Å². The molecule has 1 N–H and O–H groups in total. The average molecular weight is 353 g/mol. The summed E-state index contributed by atoms with van der Waals surface area (Å²) in [5, 5.41) is 20.4. The highest BCUT2D eigenvalue weighted by molar-refractivity contribution is 6.31. The summed E-state index contributed by atoms with van der Waals surface area (Å²) >= 11 is 6.03. The van der Waals surface area contributed by atoms with Crippen LogP contribution in [-0.2, 0) is 16.0 Å². The van der Waals surface area contributed by atoms with Crippen LogP contribution >= 0.6 is 11.6 Å². The van der Waals surface area contributed by atoms with E-state index in [9.17, 15) is 24.8 Å². The maximum Gasteiger partial charge on any atom is 0.326 e. The number of nitro groups is 1. The van der Waals surface area contributed by atoms with Crippen LogP contribution in [0.3, 0.4) is 0 Å². The largest absolute Gasteiger partial charge is 0.480 e. The Labute approximate surface area is 143 Å². The van der Waals surface area contributed by atoms with Crippen LogP contribution in [0.15, 0.2) is 18.2 Å². The zero-order valence-corrected chi connectivity index (χ0v) is 13.6. The number of aliphatic carboxylic acids is 1. The molecule has 3 rings (SSSR count). The zero-order valence-electron chi connectivity index (χ0n) is 12.9. The number of hydrogen-bond acceptors (Lipinski definition) is 4. The number of carbonyl (C=O) groups is 2. The number of carboxylic acid groups (broad SMARTS) is 1. The molecule has 0 spiro atoms. The van der Waals surface area contributed by atoms with Crippen molar-refractivity contribution in [3.05, 3.63) is 38.9 Å². The van der Waals surface area contributed by atoms with E-state index in [1.807, 2.05) is 0 Å². The lowest BCUT2D eigenvalue weighted by Crippen LogP contribution is -2.44. The molecule has 7 nitrogen and oxygen atoms in total. The molecule has 24 heavy (non-hydrogen) atoms. The smallest absolute Gasteiger partial charge is 0.326 e. The van der Waals surface area contributed by atoms with Gasteiger partial charge in [-0.2, -0.15) is 0 Å². The van der Waals surface area contributed by atoms with Gasteiger partial charge in [0.2, 0.25) is 5.91 Å². The van der Waals surface area contributed by atoms with Crippen molar-refractivity contribution in [3.8, 4) is 0 Å². The van der Waals surface area contributed by atoms with Crippen LogP contribution in [0.2, 0.25) is 5.02 Å². The Balaban J connectivity index is 1.77. The SMILES string of the molecule is O=C(O)C1C2CCCC2CN1C(=O)Cc1ccc([N+](=O)[O-])cc1Cl. The molecule has 3 unspecified atom stereocenters. The molecule has 1 amide bonds. The third kappa shape index (κ3) is 2.96. The first-order valence-corrected chi connectivity index (χ1v) is 8.21. The number of nitrogens with zero attached hydrogens (tertiary/aromatic N) is 2. The molecule has 1 heterocycles. The molecule has 0 radical (unpaired) electrons. The third-order valence-corrected chi connectivity index (χ3v) is 5.40. The summed E-state index contributed by atoms with van der Waals surface area (Å²) in [5.41, 5.74) is 0.323. The number of non-ortho nitro benzene ring substituents is 1. The molecule has 0 bridgehead atoms. The second-order valence-electron chi connectivity index (χ2n) is 6.39. The first-order chi connectivity index (χ1) is 11.4. The van der Waals surface area contributed by atoms with Gasteiger partial charge < -0.3 is 10.0 Å². The van der Waals surface area contributed by atoms with E-state index in [1.165, 1.54) is 23.1 Å². The number of nitro benzene ring substituents is 1. The summed E-state index contributed by atoms with van der Waals surface area (Å²) in [5.74, 6) is -0.985. The van der Waals surface area contributed by atoms with Crippen molar-refractivity contribution < 1.29 is 19.6 Å². The zero-order chi connectivity index (χ0) is 17.4. The van der Waals surface area contributed by atoms with Crippen molar-refractivity contribution in [1.82, 2.24) is 4.90 Å². The molecule has 2 aliphatic rings. The van der Waals surface area contributed by atoms with E-state index < -0.39 is 16.9 Å². The van der Waals surface area contributed by atoms with Crippen LogP contribution in [0.4, 0.5) is 5.69 Å². The minimum Gasteiger partial charge on any atom is -0.480 e. The summed E-state index contributed by atoms with van der Waals surface area (Å²) in [6.07, 6.45) is 2.75. The topological polar surface area (TPSA) is 101 Å². The number of hydrogen-bond donors (Lipinski definition) is 1. The Morgan fingerprint density at radius 3 is 2.75 bits per heavy atom. The van der Waals surface area contributed by atoms with Crippen molar-refractivity contribution in [2.75, 3.05) is 6.54 Å². The van der Waals surface area contributed by atoms with E-state index >= 15 is 0 Å². The van der Waals surface area contributed by atoms with Crippen LogP contribution in [0, 0.1) is 22.0 Å². The summed E-state index contributed by atoms with van der Waals surface area (Å²) in [6.45, 7) is 0.463. The van der Waals surface area contributed by atoms with Gasteiger partial charge in [-0.1, -0.05) is 24.1 Å². The summed E-state index contributed by atoms with van der Waals surface area (Å²) in [6, 6.07) is 3.17. The van der Waals surface area contributed by atoms with Gasteiger partial charge in [0.25, 0.3) is 5.69 Å². The van der Waals surface area contributed by atoms with Crippen LogP contribution < -0.4 is 0 Å². The predicted octanol–water partition coefficient (Wildman–Crippen LogP) is 2.50. The molecule has 1 saturated heterocycles. The summed E-state index contributed by atoms with van der Waals surface area (Å²) < 4.78 is 0. The van der Waals surface area contributed by atoms with Crippen molar-refractivity contribution >= 4 is 29.2 Å². The van der Waals surface area contributed by atoms with E-state index in [-0.39, 0.29) is 34.9 Å². The molecule has 0 aromatic heterocycles. The highest BCUT2D eigenvalue weighted by atomic mass is 35.5. The molecule has 128 valence electrons. The van der Waals surface area contributed by atoms with Crippen LogP contribution in [-0.4, -0.2) is 39.4 Å². The molecule has 1 aromatic carbocycles.